The Bertz CT molecular complexity index is 159. The standard InChI is InChI=1S/C7H13NO4/c1-5(12-2)6(8-4-9)3-7(10)11/h4-6H,3H2,1-2H3,(H,8,9)(H,10,11). The van der Waals surface area contributed by atoms with Crippen LogP contribution in [0.5, 0.6) is 0 Å². The van der Waals surface area contributed by atoms with E-state index in [1.54, 1.807) is 6.92 Å². The molecule has 2 atom stereocenters. The summed E-state index contributed by atoms with van der Waals surface area (Å²) in [4.78, 5) is 20.4. The number of amides is 1. The summed E-state index contributed by atoms with van der Waals surface area (Å²) in [5, 5.41) is 10.8. The van der Waals surface area contributed by atoms with Crippen molar-refractivity contribution in [3.63, 3.8) is 0 Å². The third kappa shape index (κ3) is 3.92. The van der Waals surface area contributed by atoms with Gasteiger partial charge in [0.05, 0.1) is 18.6 Å². The maximum Gasteiger partial charge on any atom is 0.305 e. The first-order valence-electron chi connectivity index (χ1n) is 3.56. The number of ether oxygens (including phenoxy) is 1. The summed E-state index contributed by atoms with van der Waals surface area (Å²) in [7, 11) is 1.46. The van der Waals surface area contributed by atoms with E-state index in [2.05, 4.69) is 5.32 Å². The predicted molar refractivity (Wildman–Crippen MR) is 41.7 cm³/mol. The second-order valence-electron chi connectivity index (χ2n) is 2.43. The summed E-state index contributed by atoms with van der Waals surface area (Å²) < 4.78 is 4.88. The van der Waals surface area contributed by atoms with E-state index in [0.29, 0.717) is 6.41 Å². The maximum absolute atomic E-state index is 10.3. The first-order chi connectivity index (χ1) is 5.61. The summed E-state index contributed by atoms with van der Waals surface area (Å²) in [6.07, 6.45) is 0.0444. The number of carboxylic acids is 1. The summed E-state index contributed by atoms with van der Waals surface area (Å²) in [5.41, 5.74) is 0. The lowest BCUT2D eigenvalue weighted by Crippen LogP contribution is -2.40. The molecule has 5 nitrogen and oxygen atoms in total. The van der Waals surface area contributed by atoms with Crippen molar-refractivity contribution in [1.82, 2.24) is 5.32 Å². The van der Waals surface area contributed by atoms with E-state index in [4.69, 9.17) is 9.84 Å². The van der Waals surface area contributed by atoms with Gasteiger partial charge < -0.3 is 15.2 Å². The Morgan fingerprint density at radius 3 is 2.67 bits per heavy atom. The number of rotatable bonds is 6. The van der Waals surface area contributed by atoms with Crippen LogP contribution in [-0.2, 0) is 14.3 Å². The fourth-order valence-corrected chi connectivity index (χ4v) is 0.800. The van der Waals surface area contributed by atoms with Gasteiger partial charge in [-0.2, -0.15) is 0 Å². The van der Waals surface area contributed by atoms with Gasteiger partial charge in [0, 0.05) is 7.11 Å². The molecule has 0 aliphatic rings. The quantitative estimate of drug-likeness (QED) is 0.539. The Balaban J connectivity index is 4.01. The molecule has 0 radical (unpaired) electrons. The minimum Gasteiger partial charge on any atom is -0.481 e. The lowest BCUT2D eigenvalue weighted by Gasteiger charge is -2.19. The molecule has 2 N–H and O–H groups in total. The molecule has 0 saturated carbocycles. The predicted octanol–water partition coefficient (Wildman–Crippen LogP) is -0.389. The molecule has 70 valence electrons. The number of aliphatic carboxylic acids is 1. The van der Waals surface area contributed by atoms with E-state index in [9.17, 15) is 9.59 Å². The van der Waals surface area contributed by atoms with Gasteiger partial charge in [0.15, 0.2) is 0 Å². The monoisotopic (exact) mass is 175 g/mol. The average molecular weight is 175 g/mol. The van der Waals surface area contributed by atoms with Gasteiger partial charge in [-0.15, -0.1) is 0 Å². The molecular formula is C7H13NO4. The van der Waals surface area contributed by atoms with Crippen LogP contribution >= 0.6 is 0 Å². The average Bonchev–Trinajstić information content (AvgIpc) is 2.01. The van der Waals surface area contributed by atoms with Crippen molar-refractivity contribution in [3.05, 3.63) is 0 Å². The summed E-state index contributed by atoms with van der Waals surface area (Å²) in [6, 6.07) is -0.468. The molecular weight excluding hydrogens is 162 g/mol. The van der Waals surface area contributed by atoms with Gasteiger partial charge in [-0.3, -0.25) is 9.59 Å². The Morgan fingerprint density at radius 1 is 1.75 bits per heavy atom. The highest BCUT2D eigenvalue weighted by Crippen LogP contribution is 2.01. The second-order valence-corrected chi connectivity index (χ2v) is 2.43. The SMILES string of the molecule is COC(C)C(CC(=O)O)NC=O. The zero-order valence-corrected chi connectivity index (χ0v) is 7.11. The molecule has 0 aromatic rings. The number of hydrogen-bond acceptors (Lipinski definition) is 3. The van der Waals surface area contributed by atoms with Gasteiger partial charge in [0.25, 0.3) is 0 Å². The van der Waals surface area contributed by atoms with E-state index in [-0.39, 0.29) is 12.5 Å². The number of carbonyl (C=O) groups is 2. The summed E-state index contributed by atoms with van der Waals surface area (Å²) in [5.74, 6) is -0.960. The summed E-state index contributed by atoms with van der Waals surface area (Å²) in [6.45, 7) is 1.70. The molecule has 2 unspecified atom stereocenters. The van der Waals surface area contributed by atoms with Crippen LogP contribution in [-0.4, -0.2) is 36.7 Å². The molecule has 0 aromatic carbocycles. The number of nitrogens with one attached hydrogen (secondary N) is 1. The maximum atomic E-state index is 10.3. The van der Waals surface area contributed by atoms with Crippen molar-refractivity contribution in [2.45, 2.75) is 25.5 Å². The number of hydrogen-bond donors (Lipinski definition) is 2. The van der Waals surface area contributed by atoms with Crippen molar-refractivity contribution < 1.29 is 19.4 Å². The minimum atomic E-state index is -0.960. The van der Waals surface area contributed by atoms with Crippen LogP contribution in [0.3, 0.4) is 0 Å². The van der Waals surface area contributed by atoms with Crippen LogP contribution in [0.25, 0.3) is 0 Å². The Morgan fingerprint density at radius 2 is 2.33 bits per heavy atom. The molecule has 1 amide bonds. The zero-order chi connectivity index (χ0) is 9.56. The molecule has 0 rings (SSSR count). The Kier molecular flexibility index (Phi) is 5.03. The molecule has 5 heteroatoms. The van der Waals surface area contributed by atoms with E-state index in [0.717, 1.165) is 0 Å². The van der Waals surface area contributed by atoms with Gasteiger partial charge in [-0.25, -0.2) is 0 Å². The van der Waals surface area contributed by atoms with E-state index in [1.165, 1.54) is 7.11 Å². The van der Waals surface area contributed by atoms with Gasteiger partial charge >= 0.3 is 5.97 Å². The first kappa shape index (κ1) is 10.9. The Hall–Kier alpha value is -1.10. The van der Waals surface area contributed by atoms with Crippen molar-refractivity contribution >= 4 is 12.4 Å². The molecule has 0 heterocycles. The van der Waals surface area contributed by atoms with Crippen LogP contribution < -0.4 is 5.32 Å². The second kappa shape index (κ2) is 5.54. The highest BCUT2D eigenvalue weighted by atomic mass is 16.5. The van der Waals surface area contributed by atoms with Gasteiger partial charge in [0.1, 0.15) is 0 Å². The van der Waals surface area contributed by atoms with E-state index < -0.39 is 12.0 Å². The largest absolute Gasteiger partial charge is 0.481 e. The fourth-order valence-electron chi connectivity index (χ4n) is 0.800. The first-order valence-corrected chi connectivity index (χ1v) is 3.56. The molecule has 0 aliphatic heterocycles. The molecule has 0 spiro atoms. The molecule has 12 heavy (non-hydrogen) atoms. The van der Waals surface area contributed by atoms with Gasteiger partial charge in [0.2, 0.25) is 6.41 Å². The van der Waals surface area contributed by atoms with E-state index in [1.807, 2.05) is 0 Å². The van der Waals surface area contributed by atoms with Crippen molar-refractivity contribution in [3.8, 4) is 0 Å². The van der Waals surface area contributed by atoms with Crippen molar-refractivity contribution in [1.29, 1.82) is 0 Å². The van der Waals surface area contributed by atoms with Gasteiger partial charge in [-0.1, -0.05) is 0 Å². The highest BCUT2D eigenvalue weighted by Gasteiger charge is 2.18. The van der Waals surface area contributed by atoms with E-state index >= 15 is 0 Å². The summed E-state index contributed by atoms with van der Waals surface area (Å²) >= 11 is 0. The number of carboxylic acid groups (broad SMARTS) is 1. The number of carbonyl (C=O) groups excluding carboxylic acids is 1. The topological polar surface area (TPSA) is 75.6 Å². The molecule has 0 bridgehead atoms. The fraction of sp³-hybridized carbons (Fsp3) is 0.714. The van der Waals surface area contributed by atoms with Crippen LogP contribution in [0.2, 0.25) is 0 Å². The van der Waals surface area contributed by atoms with Gasteiger partial charge in [-0.05, 0) is 6.92 Å². The molecule has 0 saturated heterocycles. The lowest BCUT2D eigenvalue weighted by atomic mass is 10.1. The van der Waals surface area contributed by atoms with Crippen LogP contribution in [0.4, 0.5) is 0 Å². The van der Waals surface area contributed by atoms with Crippen molar-refractivity contribution in [2.75, 3.05) is 7.11 Å². The molecule has 0 aromatic heterocycles. The third-order valence-corrected chi connectivity index (χ3v) is 1.62. The minimum absolute atomic E-state index is 0.131. The highest BCUT2D eigenvalue weighted by molar-refractivity contribution is 5.68. The van der Waals surface area contributed by atoms with Crippen LogP contribution in [0.1, 0.15) is 13.3 Å². The normalized spacial score (nSPS) is 14.8. The number of methoxy groups -OCH3 is 1. The van der Waals surface area contributed by atoms with Crippen molar-refractivity contribution in [2.24, 2.45) is 0 Å². The van der Waals surface area contributed by atoms with Crippen LogP contribution in [0.15, 0.2) is 0 Å². The smallest absolute Gasteiger partial charge is 0.305 e. The van der Waals surface area contributed by atoms with Crippen LogP contribution in [0, 0.1) is 0 Å². The zero-order valence-electron chi connectivity index (χ0n) is 7.11. The third-order valence-electron chi connectivity index (χ3n) is 1.62. The molecule has 0 aliphatic carbocycles. The molecule has 0 fully saturated rings. The Labute approximate surface area is 70.7 Å². The lowest BCUT2D eigenvalue weighted by molar-refractivity contribution is -0.138.